The maximum atomic E-state index is 13.4. The number of H-pyrrole nitrogens is 1. The largest absolute Gasteiger partial charge is 0.497 e. The van der Waals surface area contributed by atoms with Crippen molar-refractivity contribution in [2.75, 3.05) is 13.7 Å². The highest BCUT2D eigenvalue weighted by atomic mass is 35.5. The third-order valence-electron chi connectivity index (χ3n) is 5.81. The Labute approximate surface area is 197 Å². The molecule has 1 amide bonds. The molecule has 0 aliphatic carbocycles. The molecule has 1 N–H and O–H groups in total. The van der Waals surface area contributed by atoms with E-state index in [4.69, 9.17) is 16.3 Å². The predicted octanol–water partition coefficient (Wildman–Crippen LogP) is 5.28. The van der Waals surface area contributed by atoms with E-state index < -0.39 is 0 Å². The van der Waals surface area contributed by atoms with Gasteiger partial charge in [-0.3, -0.25) is 9.59 Å². The summed E-state index contributed by atoms with van der Waals surface area (Å²) in [6.45, 7) is 4.71. The van der Waals surface area contributed by atoms with Gasteiger partial charge in [-0.2, -0.15) is 0 Å². The first-order chi connectivity index (χ1) is 15.9. The first-order valence-corrected chi connectivity index (χ1v) is 11.3. The van der Waals surface area contributed by atoms with Gasteiger partial charge in [-0.1, -0.05) is 42.8 Å². The van der Waals surface area contributed by atoms with Crippen LogP contribution < -0.4 is 10.3 Å². The van der Waals surface area contributed by atoms with Crippen molar-refractivity contribution in [2.24, 2.45) is 0 Å². The summed E-state index contributed by atoms with van der Waals surface area (Å²) in [6.07, 6.45) is 0.791. The van der Waals surface area contributed by atoms with Gasteiger partial charge in [0.25, 0.3) is 5.56 Å². The standard InChI is InChI=1S/C26H26ClN3O3/c1-4-11-30(15-24-28-23-14-20(27)8-10-22(23)25(31)29-24)26(32)16(2)17-5-6-19-13-21(33-3)9-7-18(19)12-17/h5-10,12-14,16H,4,11,15H2,1-3H3,(H,28,29,31)/t16-/m0/s1. The number of ether oxygens (including phenoxy) is 1. The van der Waals surface area contributed by atoms with Crippen molar-refractivity contribution >= 4 is 39.2 Å². The first-order valence-electron chi connectivity index (χ1n) is 10.9. The number of hydrogen-bond acceptors (Lipinski definition) is 4. The Kier molecular flexibility index (Phi) is 6.65. The van der Waals surface area contributed by atoms with Gasteiger partial charge in [0, 0.05) is 11.6 Å². The number of methoxy groups -OCH3 is 1. The van der Waals surface area contributed by atoms with Crippen molar-refractivity contribution in [1.82, 2.24) is 14.9 Å². The van der Waals surface area contributed by atoms with Crippen LogP contribution in [0.25, 0.3) is 21.7 Å². The Hall–Kier alpha value is -3.38. The van der Waals surface area contributed by atoms with E-state index in [1.54, 1.807) is 30.2 Å². The Balaban J connectivity index is 1.61. The zero-order chi connectivity index (χ0) is 23.5. The van der Waals surface area contributed by atoms with Crippen LogP contribution in [-0.2, 0) is 11.3 Å². The van der Waals surface area contributed by atoms with Crippen LogP contribution in [0.1, 0.15) is 37.6 Å². The average Bonchev–Trinajstić information content (AvgIpc) is 2.81. The lowest BCUT2D eigenvalue weighted by molar-refractivity contribution is -0.133. The molecule has 0 bridgehead atoms. The maximum Gasteiger partial charge on any atom is 0.258 e. The van der Waals surface area contributed by atoms with E-state index in [0.717, 1.165) is 28.5 Å². The monoisotopic (exact) mass is 463 g/mol. The van der Waals surface area contributed by atoms with Crippen LogP contribution in [0.4, 0.5) is 0 Å². The van der Waals surface area contributed by atoms with Crippen molar-refractivity contribution in [3.63, 3.8) is 0 Å². The van der Waals surface area contributed by atoms with E-state index in [1.807, 2.05) is 50.2 Å². The van der Waals surface area contributed by atoms with Crippen molar-refractivity contribution in [3.05, 3.63) is 81.4 Å². The lowest BCUT2D eigenvalue weighted by Crippen LogP contribution is -2.35. The lowest BCUT2D eigenvalue weighted by Gasteiger charge is -2.25. The maximum absolute atomic E-state index is 13.4. The Morgan fingerprint density at radius 1 is 1.12 bits per heavy atom. The highest BCUT2D eigenvalue weighted by Gasteiger charge is 2.23. The summed E-state index contributed by atoms with van der Waals surface area (Å²) >= 11 is 6.07. The van der Waals surface area contributed by atoms with Crippen LogP contribution in [0.5, 0.6) is 5.75 Å². The molecule has 0 aliphatic rings. The summed E-state index contributed by atoms with van der Waals surface area (Å²) in [5.41, 5.74) is 1.21. The van der Waals surface area contributed by atoms with Crippen molar-refractivity contribution in [2.45, 2.75) is 32.7 Å². The molecule has 33 heavy (non-hydrogen) atoms. The smallest absolute Gasteiger partial charge is 0.258 e. The van der Waals surface area contributed by atoms with Gasteiger partial charge in [0.05, 0.1) is 30.5 Å². The van der Waals surface area contributed by atoms with Gasteiger partial charge in [-0.05, 0) is 60.0 Å². The number of carbonyl (C=O) groups is 1. The highest BCUT2D eigenvalue weighted by Crippen LogP contribution is 2.26. The second kappa shape index (κ2) is 9.63. The molecular formula is C26H26ClN3O3. The molecule has 0 saturated heterocycles. The normalized spacial score (nSPS) is 12.1. The van der Waals surface area contributed by atoms with Crippen LogP contribution in [0.3, 0.4) is 0 Å². The summed E-state index contributed by atoms with van der Waals surface area (Å²) in [5.74, 6) is 0.879. The second-order valence-corrected chi connectivity index (χ2v) is 8.56. The summed E-state index contributed by atoms with van der Waals surface area (Å²) in [5, 5.41) is 3.08. The quantitative estimate of drug-likeness (QED) is 0.404. The fourth-order valence-electron chi connectivity index (χ4n) is 4.01. The molecule has 1 heterocycles. The molecule has 4 aromatic rings. The molecule has 4 rings (SSSR count). The molecule has 0 fully saturated rings. The van der Waals surface area contributed by atoms with Crippen LogP contribution in [0, 0.1) is 0 Å². The summed E-state index contributed by atoms with van der Waals surface area (Å²) in [4.78, 5) is 35.0. The molecule has 1 atom stereocenters. The second-order valence-electron chi connectivity index (χ2n) is 8.13. The predicted molar refractivity (Wildman–Crippen MR) is 132 cm³/mol. The van der Waals surface area contributed by atoms with Gasteiger partial charge in [0.2, 0.25) is 5.91 Å². The van der Waals surface area contributed by atoms with E-state index in [9.17, 15) is 9.59 Å². The van der Waals surface area contributed by atoms with E-state index in [-0.39, 0.29) is 23.9 Å². The van der Waals surface area contributed by atoms with Crippen LogP contribution in [0.2, 0.25) is 5.02 Å². The minimum absolute atomic E-state index is 0.0152. The number of halogens is 1. The number of fused-ring (bicyclic) bond motifs is 2. The molecule has 0 aliphatic heterocycles. The van der Waals surface area contributed by atoms with E-state index in [1.165, 1.54) is 0 Å². The third kappa shape index (κ3) is 4.86. The Morgan fingerprint density at radius 3 is 2.64 bits per heavy atom. The van der Waals surface area contributed by atoms with Crippen molar-refractivity contribution in [1.29, 1.82) is 0 Å². The van der Waals surface area contributed by atoms with Gasteiger partial charge in [0.15, 0.2) is 0 Å². The number of rotatable bonds is 7. The Morgan fingerprint density at radius 2 is 1.88 bits per heavy atom. The topological polar surface area (TPSA) is 75.3 Å². The fraction of sp³-hybridized carbons (Fsp3) is 0.269. The van der Waals surface area contributed by atoms with Gasteiger partial charge >= 0.3 is 0 Å². The number of benzene rings is 3. The lowest BCUT2D eigenvalue weighted by atomic mass is 9.96. The summed E-state index contributed by atoms with van der Waals surface area (Å²) in [6, 6.07) is 16.9. The third-order valence-corrected chi connectivity index (χ3v) is 6.04. The number of nitrogens with one attached hydrogen (secondary N) is 1. The molecule has 0 unspecified atom stereocenters. The Bertz CT molecular complexity index is 1380. The molecule has 6 nitrogen and oxygen atoms in total. The van der Waals surface area contributed by atoms with Gasteiger partial charge in [-0.25, -0.2) is 4.98 Å². The molecule has 3 aromatic carbocycles. The first kappa shape index (κ1) is 22.8. The molecule has 7 heteroatoms. The zero-order valence-electron chi connectivity index (χ0n) is 18.9. The number of hydrogen-bond donors (Lipinski definition) is 1. The summed E-state index contributed by atoms with van der Waals surface area (Å²) < 4.78 is 5.30. The zero-order valence-corrected chi connectivity index (χ0v) is 19.6. The van der Waals surface area contributed by atoms with Crippen molar-refractivity contribution in [3.8, 4) is 5.75 Å². The van der Waals surface area contributed by atoms with Crippen LogP contribution in [-0.4, -0.2) is 34.4 Å². The molecular weight excluding hydrogens is 438 g/mol. The SMILES string of the molecule is CCCN(Cc1nc2cc(Cl)ccc2c(=O)[nH]1)C(=O)[C@@H](C)c1ccc2cc(OC)ccc2c1. The number of aromatic amines is 1. The number of carbonyl (C=O) groups excluding carboxylic acids is 1. The number of amides is 1. The molecule has 1 aromatic heterocycles. The highest BCUT2D eigenvalue weighted by molar-refractivity contribution is 6.31. The van der Waals surface area contributed by atoms with E-state index in [2.05, 4.69) is 9.97 Å². The fourth-order valence-corrected chi connectivity index (χ4v) is 4.18. The average molecular weight is 464 g/mol. The van der Waals surface area contributed by atoms with Gasteiger partial charge < -0.3 is 14.6 Å². The minimum Gasteiger partial charge on any atom is -0.497 e. The van der Waals surface area contributed by atoms with Crippen LogP contribution in [0.15, 0.2) is 59.4 Å². The molecule has 0 spiro atoms. The van der Waals surface area contributed by atoms with Crippen LogP contribution >= 0.6 is 11.6 Å². The van der Waals surface area contributed by atoms with Gasteiger partial charge in [-0.15, -0.1) is 0 Å². The molecule has 0 saturated carbocycles. The summed E-state index contributed by atoms with van der Waals surface area (Å²) in [7, 11) is 1.64. The van der Waals surface area contributed by atoms with Crippen molar-refractivity contribution < 1.29 is 9.53 Å². The van der Waals surface area contributed by atoms with Gasteiger partial charge in [0.1, 0.15) is 11.6 Å². The van der Waals surface area contributed by atoms with E-state index in [0.29, 0.717) is 28.3 Å². The number of aromatic nitrogens is 2. The minimum atomic E-state index is -0.343. The molecule has 170 valence electrons. The number of nitrogens with zero attached hydrogens (tertiary/aromatic N) is 2. The van der Waals surface area contributed by atoms with E-state index >= 15 is 0 Å². The molecule has 0 radical (unpaired) electrons.